The molecule has 9 heteroatoms. The van der Waals surface area contributed by atoms with E-state index in [-0.39, 0.29) is 17.1 Å². The molecule has 5 rings (SSSR count). The highest BCUT2D eigenvalue weighted by molar-refractivity contribution is 7.89. The maximum Gasteiger partial charge on any atom is 0.277 e. The van der Waals surface area contributed by atoms with Gasteiger partial charge in [-0.25, -0.2) is 8.42 Å². The van der Waals surface area contributed by atoms with E-state index in [0.29, 0.717) is 30.2 Å². The zero-order valence-electron chi connectivity index (χ0n) is 17.8. The Labute approximate surface area is 190 Å². The van der Waals surface area contributed by atoms with E-state index in [1.54, 1.807) is 48.5 Å². The molecule has 1 aliphatic rings. The van der Waals surface area contributed by atoms with E-state index in [9.17, 15) is 13.2 Å². The molecule has 33 heavy (non-hydrogen) atoms. The number of hydrogen-bond donors (Lipinski definition) is 1. The molecule has 0 bridgehead atoms. The van der Waals surface area contributed by atoms with Crippen molar-refractivity contribution in [1.29, 1.82) is 0 Å². The Morgan fingerprint density at radius 1 is 1.03 bits per heavy atom. The second-order valence-corrected chi connectivity index (χ2v) is 9.83. The van der Waals surface area contributed by atoms with Gasteiger partial charge in [0, 0.05) is 24.8 Å². The predicted octanol–water partition coefficient (Wildman–Crippen LogP) is 4.24. The summed E-state index contributed by atoms with van der Waals surface area (Å²) >= 11 is 0. The molecular weight excluding hydrogens is 442 g/mol. The number of aromatic nitrogens is 1. The minimum atomic E-state index is -3.60. The summed E-state index contributed by atoms with van der Waals surface area (Å²) in [6.45, 7) is 2.56. The van der Waals surface area contributed by atoms with Gasteiger partial charge in [-0.2, -0.15) is 4.31 Å². The third kappa shape index (κ3) is 4.20. The number of furan rings is 1. The molecular formula is C24H21N3O5S. The number of carbonyl (C=O) groups excluding carboxylic acids is 1. The molecule has 0 radical (unpaired) electrons. The lowest BCUT2D eigenvalue weighted by Gasteiger charge is -2.28. The van der Waals surface area contributed by atoms with Gasteiger partial charge in [-0.3, -0.25) is 4.79 Å². The second-order valence-electron chi connectivity index (χ2n) is 7.89. The number of amides is 1. The van der Waals surface area contributed by atoms with Crippen LogP contribution in [0.3, 0.4) is 0 Å². The first-order valence-electron chi connectivity index (χ1n) is 10.4. The van der Waals surface area contributed by atoms with Crippen LogP contribution in [0.5, 0.6) is 0 Å². The minimum absolute atomic E-state index is 0.114. The molecule has 168 valence electrons. The molecule has 0 spiro atoms. The van der Waals surface area contributed by atoms with Crippen LogP contribution >= 0.6 is 0 Å². The molecule has 0 saturated heterocycles. The summed E-state index contributed by atoms with van der Waals surface area (Å²) in [6, 6.07) is 17.3. The number of aryl methyl sites for hydroxylation is 1. The number of hydrogen-bond acceptors (Lipinski definition) is 6. The summed E-state index contributed by atoms with van der Waals surface area (Å²) in [5, 5.41) is 6.60. The number of nitrogens with zero attached hydrogens (tertiary/aromatic N) is 2. The average molecular weight is 464 g/mol. The largest absolute Gasteiger partial charge is 0.461 e. The second kappa shape index (κ2) is 8.34. The van der Waals surface area contributed by atoms with Gasteiger partial charge in [0.1, 0.15) is 0 Å². The van der Waals surface area contributed by atoms with Gasteiger partial charge in [-0.15, -0.1) is 0 Å². The number of nitrogens with one attached hydrogen (secondary N) is 1. The highest BCUT2D eigenvalue weighted by Crippen LogP contribution is 2.28. The number of carbonyl (C=O) groups is 1. The summed E-state index contributed by atoms with van der Waals surface area (Å²) in [4.78, 5) is 12.9. The molecule has 2 aromatic heterocycles. The predicted molar refractivity (Wildman–Crippen MR) is 121 cm³/mol. The summed E-state index contributed by atoms with van der Waals surface area (Å²) in [5.74, 6) is 0.397. The van der Waals surface area contributed by atoms with Gasteiger partial charge in [0.2, 0.25) is 15.8 Å². The standard InChI is InChI=1S/C24H21N3O5S/c1-16-4-8-20(9-5-16)33(29,30)27-11-10-17-6-7-19(13-18(17)15-27)25-24(28)21-14-23(32-26-21)22-3-2-12-31-22/h2-9,12-14H,10-11,15H2,1H3,(H,25,28). The average Bonchev–Trinajstić information content (AvgIpc) is 3.51. The fourth-order valence-electron chi connectivity index (χ4n) is 3.79. The Morgan fingerprint density at radius 3 is 2.61 bits per heavy atom. The lowest BCUT2D eigenvalue weighted by atomic mass is 10.0. The van der Waals surface area contributed by atoms with Crippen molar-refractivity contribution in [2.24, 2.45) is 0 Å². The van der Waals surface area contributed by atoms with Crippen molar-refractivity contribution < 1.29 is 22.2 Å². The van der Waals surface area contributed by atoms with E-state index in [0.717, 1.165) is 16.7 Å². The molecule has 0 aliphatic carbocycles. The van der Waals surface area contributed by atoms with Crippen LogP contribution in [0.1, 0.15) is 27.2 Å². The van der Waals surface area contributed by atoms with Gasteiger partial charge in [-0.1, -0.05) is 28.9 Å². The third-order valence-corrected chi connectivity index (χ3v) is 7.47. The van der Waals surface area contributed by atoms with E-state index < -0.39 is 15.9 Å². The minimum Gasteiger partial charge on any atom is -0.461 e. The zero-order chi connectivity index (χ0) is 23.0. The Hall–Kier alpha value is -3.69. The lowest BCUT2D eigenvalue weighted by Crippen LogP contribution is -2.36. The van der Waals surface area contributed by atoms with E-state index in [1.807, 2.05) is 13.0 Å². The van der Waals surface area contributed by atoms with Crippen LogP contribution in [0.25, 0.3) is 11.5 Å². The molecule has 1 aliphatic heterocycles. The number of fused-ring (bicyclic) bond motifs is 1. The Kier molecular flexibility index (Phi) is 5.35. The number of anilines is 1. The van der Waals surface area contributed by atoms with Crippen LogP contribution in [0.2, 0.25) is 0 Å². The SMILES string of the molecule is Cc1ccc(S(=O)(=O)N2CCc3ccc(NC(=O)c4cc(-c5ccco5)on4)cc3C2)cc1. The summed E-state index contributed by atoms with van der Waals surface area (Å²) in [6.07, 6.45) is 2.11. The van der Waals surface area contributed by atoms with Gasteiger partial charge in [-0.05, 0) is 60.9 Å². The fourth-order valence-corrected chi connectivity index (χ4v) is 5.20. The summed E-state index contributed by atoms with van der Waals surface area (Å²) < 4.78 is 38.1. The zero-order valence-corrected chi connectivity index (χ0v) is 18.6. The molecule has 4 aromatic rings. The molecule has 8 nitrogen and oxygen atoms in total. The summed E-state index contributed by atoms with van der Waals surface area (Å²) in [7, 11) is -3.60. The smallest absolute Gasteiger partial charge is 0.277 e. The molecule has 2 aromatic carbocycles. The topological polar surface area (TPSA) is 106 Å². The van der Waals surface area contributed by atoms with E-state index >= 15 is 0 Å². The summed E-state index contributed by atoms with van der Waals surface area (Å²) in [5.41, 5.74) is 3.58. The highest BCUT2D eigenvalue weighted by Gasteiger charge is 2.28. The third-order valence-electron chi connectivity index (χ3n) is 5.61. The van der Waals surface area contributed by atoms with Gasteiger partial charge in [0.05, 0.1) is 11.2 Å². The van der Waals surface area contributed by atoms with Crippen LogP contribution in [-0.4, -0.2) is 30.3 Å². The van der Waals surface area contributed by atoms with Crippen molar-refractivity contribution in [3.05, 3.63) is 89.3 Å². The molecule has 0 saturated carbocycles. The maximum absolute atomic E-state index is 13.1. The van der Waals surface area contributed by atoms with Gasteiger partial charge < -0.3 is 14.3 Å². The van der Waals surface area contributed by atoms with Crippen molar-refractivity contribution in [2.75, 3.05) is 11.9 Å². The van der Waals surface area contributed by atoms with Gasteiger partial charge in [0.15, 0.2) is 11.5 Å². The van der Waals surface area contributed by atoms with Crippen molar-refractivity contribution in [1.82, 2.24) is 9.46 Å². The lowest BCUT2D eigenvalue weighted by molar-refractivity contribution is 0.101. The number of rotatable bonds is 5. The first-order chi connectivity index (χ1) is 15.9. The first kappa shape index (κ1) is 21.2. The monoisotopic (exact) mass is 463 g/mol. The van der Waals surface area contributed by atoms with E-state index in [4.69, 9.17) is 8.94 Å². The Bertz CT molecular complexity index is 1410. The maximum atomic E-state index is 13.1. The van der Waals surface area contributed by atoms with Gasteiger partial charge >= 0.3 is 0 Å². The normalized spacial score (nSPS) is 14.1. The molecule has 0 fully saturated rings. The fraction of sp³-hybridized carbons (Fsp3) is 0.167. The van der Waals surface area contributed by atoms with Crippen molar-refractivity contribution >= 4 is 21.6 Å². The van der Waals surface area contributed by atoms with Crippen LogP contribution < -0.4 is 5.32 Å². The van der Waals surface area contributed by atoms with E-state index in [1.165, 1.54) is 16.6 Å². The molecule has 1 N–H and O–H groups in total. The van der Waals surface area contributed by atoms with Crippen LogP contribution in [0.4, 0.5) is 5.69 Å². The van der Waals surface area contributed by atoms with Crippen molar-refractivity contribution in [3.63, 3.8) is 0 Å². The van der Waals surface area contributed by atoms with Crippen LogP contribution in [-0.2, 0) is 23.0 Å². The molecule has 0 atom stereocenters. The van der Waals surface area contributed by atoms with Crippen LogP contribution in [0, 0.1) is 6.92 Å². The van der Waals surface area contributed by atoms with E-state index in [2.05, 4.69) is 10.5 Å². The van der Waals surface area contributed by atoms with Crippen LogP contribution in [0.15, 0.2) is 80.8 Å². The first-order valence-corrected chi connectivity index (χ1v) is 11.8. The molecule has 0 unspecified atom stereocenters. The Balaban J connectivity index is 1.33. The van der Waals surface area contributed by atoms with Crippen molar-refractivity contribution in [3.8, 4) is 11.5 Å². The molecule has 1 amide bonds. The van der Waals surface area contributed by atoms with Crippen molar-refractivity contribution in [2.45, 2.75) is 24.8 Å². The highest BCUT2D eigenvalue weighted by atomic mass is 32.2. The number of benzene rings is 2. The quantitative estimate of drug-likeness (QED) is 0.475. The molecule has 3 heterocycles. The van der Waals surface area contributed by atoms with Gasteiger partial charge in [0.25, 0.3) is 5.91 Å². The Morgan fingerprint density at radius 2 is 1.85 bits per heavy atom. The number of sulfonamides is 1.